The van der Waals surface area contributed by atoms with Gasteiger partial charge in [0.2, 0.25) is 0 Å². The summed E-state index contributed by atoms with van der Waals surface area (Å²) in [4.78, 5) is 51.9. The average Bonchev–Trinajstić information content (AvgIpc) is 2.97. The van der Waals surface area contributed by atoms with E-state index in [4.69, 9.17) is 4.74 Å². The molecule has 0 aliphatic carbocycles. The van der Waals surface area contributed by atoms with Crippen LogP contribution in [0.25, 0.3) is 22.3 Å². The molecule has 0 amide bonds. The van der Waals surface area contributed by atoms with E-state index < -0.39 is 21.4 Å². The van der Waals surface area contributed by atoms with Crippen LogP contribution in [-0.4, -0.2) is 31.7 Å². The number of benzene rings is 4. The van der Waals surface area contributed by atoms with Crippen LogP contribution in [0.1, 0.15) is 15.9 Å². The number of rotatable bonds is 7. The Kier molecular flexibility index (Phi) is 6.88. The van der Waals surface area contributed by atoms with Crippen molar-refractivity contribution in [2.45, 2.75) is 0 Å². The molecule has 0 spiro atoms. The molecular weight excluding hydrogens is 518 g/mol. The Morgan fingerprint density at radius 3 is 2.20 bits per heavy atom. The van der Waals surface area contributed by atoms with Gasteiger partial charge in [-0.3, -0.25) is 25.0 Å². The maximum absolute atomic E-state index is 13.4. The van der Waals surface area contributed by atoms with Crippen LogP contribution < -0.4 is 10.3 Å². The first-order chi connectivity index (χ1) is 19.3. The first-order valence-corrected chi connectivity index (χ1v) is 11.7. The fourth-order valence-electron chi connectivity index (χ4n) is 3.85. The zero-order valence-corrected chi connectivity index (χ0v) is 20.4. The van der Waals surface area contributed by atoms with Gasteiger partial charge in [-0.2, -0.15) is 9.78 Å². The molecule has 12 heteroatoms. The van der Waals surface area contributed by atoms with Gasteiger partial charge in [0.15, 0.2) is 5.82 Å². The number of non-ortho nitro benzene ring substituents is 2. The Morgan fingerprint density at radius 1 is 0.850 bits per heavy atom. The second kappa shape index (κ2) is 10.8. The molecule has 5 rings (SSSR count). The van der Waals surface area contributed by atoms with E-state index in [2.05, 4.69) is 10.1 Å². The molecule has 0 bridgehead atoms. The van der Waals surface area contributed by atoms with Crippen molar-refractivity contribution in [2.24, 2.45) is 5.10 Å². The quantitative estimate of drug-likeness (QED) is 0.0927. The number of hydrogen-bond donors (Lipinski definition) is 0. The van der Waals surface area contributed by atoms with Gasteiger partial charge in [-0.05, 0) is 30.3 Å². The Balaban J connectivity index is 1.58. The van der Waals surface area contributed by atoms with E-state index in [0.29, 0.717) is 16.5 Å². The number of nitro groups is 2. The van der Waals surface area contributed by atoms with Gasteiger partial charge in [0.1, 0.15) is 5.75 Å². The number of nitrogens with zero attached hydrogens (tertiary/aromatic N) is 5. The molecule has 1 heterocycles. The number of nitro benzene ring substituents is 2. The van der Waals surface area contributed by atoms with Crippen LogP contribution in [-0.2, 0) is 0 Å². The Labute approximate surface area is 224 Å². The number of aromatic nitrogens is 2. The van der Waals surface area contributed by atoms with Gasteiger partial charge in [0, 0.05) is 35.4 Å². The topological polar surface area (TPSA) is 160 Å². The predicted octanol–water partition coefficient (Wildman–Crippen LogP) is 4.98. The van der Waals surface area contributed by atoms with Crippen molar-refractivity contribution >= 4 is 34.5 Å². The lowest BCUT2D eigenvalue weighted by Crippen LogP contribution is -2.20. The zero-order chi connectivity index (χ0) is 28.2. The molecular formula is C28H17N5O7. The Morgan fingerprint density at radius 2 is 1.50 bits per heavy atom. The van der Waals surface area contributed by atoms with Gasteiger partial charge < -0.3 is 4.74 Å². The van der Waals surface area contributed by atoms with Crippen LogP contribution in [0.15, 0.2) is 107 Å². The van der Waals surface area contributed by atoms with Crippen molar-refractivity contribution in [3.8, 4) is 17.1 Å². The van der Waals surface area contributed by atoms with Crippen molar-refractivity contribution in [3.05, 3.63) is 139 Å². The predicted molar refractivity (Wildman–Crippen MR) is 146 cm³/mol. The molecule has 0 fully saturated rings. The number of esters is 1. The van der Waals surface area contributed by atoms with Crippen LogP contribution in [0, 0.1) is 20.2 Å². The van der Waals surface area contributed by atoms with Crippen molar-refractivity contribution in [3.63, 3.8) is 0 Å². The molecule has 0 radical (unpaired) electrons. The molecule has 40 heavy (non-hydrogen) atoms. The summed E-state index contributed by atoms with van der Waals surface area (Å²) in [6.07, 6.45) is 1.16. The lowest BCUT2D eigenvalue weighted by atomic mass is 10.1. The highest BCUT2D eigenvalue weighted by atomic mass is 16.6. The maximum atomic E-state index is 13.4. The lowest BCUT2D eigenvalue weighted by molar-refractivity contribution is -0.385. The molecule has 196 valence electrons. The minimum absolute atomic E-state index is 0.0214. The Hall–Kier alpha value is -6.04. The van der Waals surface area contributed by atoms with Crippen LogP contribution in [0.3, 0.4) is 0 Å². The SMILES string of the molecule is O=C(Oc1ccc([N+](=O)[O-])cc1C=Nn1c(-c2ccccc2)nc2ccccc2c1=O)c1ccc([N+](=O)[O-])cc1. The van der Waals surface area contributed by atoms with Gasteiger partial charge in [-0.25, -0.2) is 9.78 Å². The van der Waals surface area contributed by atoms with Gasteiger partial charge in [0.25, 0.3) is 16.9 Å². The molecule has 0 unspecified atom stereocenters. The second-order valence-corrected chi connectivity index (χ2v) is 8.35. The molecule has 0 aliphatic rings. The normalized spacial score (nSPS) is 11.0. The van der Waals surface area contributed by atoms with Crippen molar-refractivity contribution in [1.82, 2.24) is 9.66 Å². The van der Waals surface area contributed by atoms with Crippen molar-refractivity contribution < 1.29 is 19.4 Å². The second-order valence-electron chi connectivity index (χ2n) is 8.35. The fourth-order valence-corrected chi connectivity index (χ4v) is 3.85. The van der Waals surface area contributed by atoms with Gasteiger partial charge >= 0.3 is 5.97 Å². The number of carbonyl (C=O) groups excluding carboxylic acids is 1. The van der Waals surface area contributed by atoms with E-state index in [1.165, 1.54) is 18.2 Å². The molecule has 0 aliphatic heterocycles. The van der Waals surface area contributed by atoms with Gasteiger partial charge in [-0.1, -0.05) is 42.5 Å². The maximum Gasteiger partial charge on any atom is 0.343 e. The fraction of sp³-hybridized carbons (Fsp3) is 0. The summed E-state index contributed by atoms with van der Waals surface area (Å²) >= 11 is 0. The molecule has 0 N–H and O–H groups in total. The summed E-state index contributed by atoms with van der Waals surface area (Å²) in [6, 6.07) is 23.9. The van der Waals surface area contributed by atoms with Crippen LogP contribution >= 0.6 is 0 Å². The van der Waals surface area contributed by atoms with Crippen LogP contribution in [0.5, 0.6) is 5.75 Å². The van der Waals surface area contributed by atoms with E-state index in [0.717, 1.165) is 35.2 Å². The molecule has 12 nitrogen and oxygen atoms in total. The highest BCUT2D eigenvalue weighted by molar-refractivity contribution is 5.93. The van der Waals surface area contributed by atoms with Crippen molar-refractivity contribution in [2.75, 3.05) is 0 Å². The third-order valence-corrected chi connectivity index (χ3v) is 5.82. The summed E-state index contributed by atoms with van der Waals surface area (Å²) in [6.45, 7) is 0. The van der Waals surface area contributed by atoms with Gasteiger partial charge in [-0.15, -0.1) is 0 Å². The lowest BCUT2D eigenvalue weighted by Gasteiger charge is -2.10. The number of ether oxygens (including phenoxy) is 1. The summed E-state index contributed by atoms with van der Waals surface area (Å²) in [5.41, 5.74) is 0.136. The average molecular weight is 535 g/mol. The monoisotopic (exact) mass is 535 g/mol. The van der Waals surface area contributed by atoms with Gasteiger partial charge in [0.05, 0.1) is 32.5 Å². The molecule has 4 aromatic carbocycles. The largest absolute Gasteiger partial charge is 0.422 e. The summed E-state index contributed by atoms with van der Waals surface area (Å²) in [5, 5.41) is 26.9. The number of fused-ring (bicyclic) bond motifs is 1. The highest BCUT2D eigenvalue weighted by Gasteiger charge is 2.17. The minimum atomic E-state index is -0.854. The molecule has 5 aromatic rings. The highest BCUT2D eigenvalue weighted by Crippen LogP contribution is 2.25. The third-order valence-electron chi connectivity index (χ3n) is 5.82. The molecule has 0 atom stereocenters. The first-order valence-electron chi connectivity index (χ1n) is 11.7. The molecule has 1 aromatic heterocycles. The van der Waals surface area contributed by atoms with E-state index >= 15 is 0 Å². The summed E-state index contributed by atoms with van der Waals surface area (Å²) < 4.78 is 6.51. The standard InChI is InChI=1S/C28H17N5O7/c34-27-23-8-4-5-9-24(23)30-26(18-6-2-1-3-7-18)31(27)29-17-20-16-22(33(38)39)14-15-25(20)40-28(35)19-10-12-21(13-11-19)32(36)37/h1-17H. The smallest absolute Gasteiger partial charge is 0.343 e. The number of para-hydroxylation sites is 1. The first kappa shape index (κ1) is 25.6. The summed E-state index contributed by atoms with van der Waals surface area (Å²) in [7, 11) is 0. The number of carbonyl (C=O) groups is 1. The van der Waals surface area contributed by atoms with Crippen LogP contribution in [0.4, 0.5) is 11.4 Å². The Bertz CT molecular complexity index is 1870. The van der Waals surface area contributed by atoms with Crippen molar-refractivity contribution in [1.29, 1.82) is 0 Å². The summed E-state index contributed by atoms with van der Waals surface area (Å²) in [5.74, 6) is -0.705. The minimum Gasteiger partial charge on any atom is -0.422 e. The number of hydrogen-bond acceptors (Lipinski definition) is 9. The van der Waals surface area contributed by atoms with E-state index in [1.807, 2.05) is 6.07 Å². The third kappa shape index (κ3) is 5.17. The van der Waals surface area contributed by atoms with Crippen LogP contribution in [0.2, 0.25) is 0 Å². The van der Waals surface area contributed by atoms with E-state index in [9.17, 15) is 29.8 Å². The molecule has 0 saturated heterocycles. The molecule has 0 saturated carbocycles. The van der Waals surface area contributed by atoms with E-state index in [1.54, 1.807) is 48.5 Å². The zero-order valence-electron chi connectivity index (χ0n) is 20.4. The van der Waals surface area contributed by atoms with E-state index in [-0.39, 0.29) is 34.1 Å².